The number of hydrogen-bond donors (Lipinski definition) is 2. The van der Waals surface area contributed by atoms with Gasteiger partial charge in [0.1, 0.15) is 0 Å². The third-order valence-corrected chi connectivity index (χ3v) is 3.32. The van der Waals surface area contributed by atoms with Crippen LogP contribution in [0.3, 0.4) is 0 Å². The first-order valence-corrected chi connectivity index (χ1v) is 6.81. The topological polar surface area (TPSA) is 45.6 Å². The smallest absolute Gasteiger partial charge is 0.191 e. The van der Waals surface area contributed by atoms with E-state index >= 15 is 0 Å². The lowest BCUT2D eigenvalue weighted by Crippen LogP contribution is -2.45. The van der Waals surface area contributed by atoms with E-state index in [0.29, 0.717) is 6.04 Å². The van der Waals surface area contributed by atoms with Gasteiger partial charge in [0.05, 0.1) is 6.61 Å². The molecule has 2 N–H and O–H groups in total. The SMILES string of the molecule is CCOCCNC(=NC)NC1CCC(C)CC1. The third-order valence-electron chi connectivity index (χ3n) is 3.32. The van der Waals surface area contributed by atoms with Gasteiger partial charge < -0.3 is 15.4 Å². The molecule has 0 unspecified atom stereocenters. The van der Waals surface area contributed by atoms with Crippen molar-refractivity contribution in [1.82, 2.24) is 10.6 Å². The maximum Gasteiger partial charge on any atom is 0.191 e. The highest BCUT2D eigenvalue weighted by Crippen LogP contribution is 2.23. The zero-order chi connectivity index (χ0) is 12.5. The molecule has 1 fully saturated rings. The Hall–Kier alpha value is -0.770. The molecular formula is C13H27N3O. The lowest BCUT2D eigenvalue weighted by Gasteiger charge is -2.28. The molecule has 1 saturated carbocycles. The molecule has 0 aliphatic heterocycles. The summed E-state index contributed by atoms with van der Waals surface area (Å²) in [5.74, 6) is 1.80. The lowest BCUT2D eigenvalue weighted by atomic mass is 9.87. The molecule has 100 valence electrons. The number of rotatable bonds is 5. The van der Waals surface area contributed by atoms with E-state index in [9.17, 15) is 0 Å². The van der Waals surface area contributed by atoms with E-state index in [1.807, 2.05) is 14.0 Å². The molecule has 0 saturated heterocycles. The van der Waals surface area contributed by atoms with E-state index in [4.69, 9.17) is 4.74 Å². The number of aliphatic imine (C=N–C) groups is 1. The minimum absolute atomic E-state index is 0.587. The van der Waals surface area contributed by atoms with Gasteiger partial charge in [-0.25, -0.2) is 0 Å². The third kappa shape index (κ3) is 5.91. The Kier molecular flexibility index (Phi) is 7.01. The molecule has 0 aromatic heterocycles. The second-order valence-electron chi connectivity index (χ2n) is 4.80. The maximum atomic E-state index is 5.29. The van der Waals surface area contributed by atoms with E-state index in [2.05, 4.69) is 22.5 Å². The summed E-state index contributed by atoms with van der Waals surface area (Å²) >= 11 is 0. The van der Waals surface area contributed by atoms with Crippen LogP contribution in [0.5, 0.6) is 0 Å². The van der Waals surface area contributed by atoms with Crippen LogP contribution in [0.15, 0.2) is 4.99 Å². The van der Waals surface area contributed by atoms with Crippen molar-refractivity contribution in [3.05, 3.63) is 0 Å². The number of ether oxygens (including phenoxy) is 1. The molecule has 1 aliphatic carbocycles. The fraction of sp³-hybridized carbons (Fsp3) is 0.923. The Bertz CT molecular complexity index is 223. The highest BCUT2D eigenvalue weighted by Gasteiger charge is 2.18. The second-order valence-corrected chi connectivity index (χ2v) is 4.80. The molecule has 0 atom stereocenters. The molecule has 0 heterocycles. The zero-order valence-electron chi connectivity index (χ0n) is 11.5. The van der Waals surface area contributed by atoms with Crippen LogP contribution < -0.4 is 10.6 Å². The van der Waals surface area contributed by atoms with Gasteiger partial charge in [-0.1, -0.05) is 6.92 Å². The van der Waals surface area contributed by atoms with Gasteiger partial charge in [0.2, 0.25) is 0 Å². The van der Waals surface area contributed by atoms with Crippen LogP contribution in [0.4, 0.5) is 0 Å². The molecule has 1 aliphatic rings. The zero-order valence-corrected chi connectivity index (χ0v) is 11.5. The minimum Gasteiger partial charge on any atom is -0.380 e. The monoisotopic (exact) mass is 241 g/mol. The molecule has 0 bridgehead atoms. The Balaban J connectivity index is 2.18. The molecule has 17 heavy (non-hydrogen) atoms. The van der Waals surface area contributed by atoms with Gasteiger partial charge in [0, 0.05) is 26.2 Å². The maximum absolute atomic E-state index is 5.29. The van der Waals surface area contributed by atoms with Crippen LogP contribution in [0.1, 0.15) is 39.5 Å². The van der Waals surface area contributed by atoms with Crippen LogP contribution in [0.2, 0.25) is 0 Å². The molecule has 0 aromatic rings. The van der Waals surface area contributed by atoms with Crippen molar-refractivity contribution in [2.45, 2.75) is 45.6 Å². The van der Waals surface area contributed by atoms with Crippen molar-refractivity contribution in [2.75, 3.05) is 26.8 Å². The average molecular weight is 241 g/mol. The van der Waals surface area contributed by atoms with Crippen molar-refractivity contribution in [3.63, 3.8) is 0 Å². The predicted molar refractivity (Wildman–Crippen MR) is 72.4 cm³/mol. The van der Waals surface area contributed by atoms with Crippen LogP contribution >= 0.6 is 0 Å². The Morgan fingerprint density at radius 2 is 2.00 bits per heavy atom. The summed E-state index contributed by atoms with van der Waals surface area (Å²) in [6.45, 7) is 6.67. The Labute approximate surface area is 105 Å². The summed E-state index contributed by atoms with van der Waals surface area (Å²) in [5, 5.41) is 6.76. The van der Waals surface area contributed by atoms with Crippen molar-refractivity contribution >= 4 is 5.96 Å². The van der Waals surface area contributed by atoms with E-state index < -0.39 is 0 Å². The second kappa shape index (κ2) is 8.34. The van der Waals surface area contributed by atoms with Crippen molar-refractivity contribution in [1.29, 1.82) is 0 Å². The Morgan fingerprint density at radius 1 is 1.29 bits per heavy atom. The van der Waals surface area contributed by atoms with Gasteiger partial charge in [0.15, 0.2) is 5.96 Å². The van der Waals surface area contributed by atoms with Gasteiger partial charge >= 0.3 is 0 Å². The van der Waals surface area contributed by atoms with Gasteiger partial charge in [-0.05, 0) is 38.5 Å². The largest absolute Gasteiger partial charge is 0.380 e. The summed E-state index contributed by atoms with van der Waals surface area (Å²) in [4.78, 5) is 4.24. The normalized spacial score (nSPS) is 25.7. The van der Waals surface area contributed by atoms with Crippen LogP contribution in [-0.2, 0) is 4.74 Å². The molecule has 4 heteroatoms. The number of hydrogen-bond acceptors (Lipinski definition) is 2. The molecule has 0 spiro atoms. The first-order valence-electron chi connectivity index (χ1n) is 6.81. The first kappa shape index (κ1) is 14.3. The van der Waals surface area contributed by atoms with Gasteiger partial charge in [-0.3, -0.25) is 4.99 Å². The summed E-state index contributed by atoms with van der Waals surface area (Å²) in [6, 6.07) is 0.587. The van der Waals surface area contributed by atoms with Crippen LogP contribution in [0.25, 0.3) is 0 Å². The standard InChI is InChI=1S/C13H27N3O/c1-4-17-10-9-15-13(14-3)16-12-7-5-11(2)6-8-12/h11-12H,4-10H2,1-3H3,(H2,14,15,16). The highest BCUT2D eigenvalue weighted by molar-refractivity contribution is 5.79. The van der Waals surface area contributed by atoms with Crippen molar-refractivity contribution in [2.24, 2.45) is 10.9 Å². The summed E-state index contributed by atoms with van der Waals surface area (Å²) in [6.07, 6.45) is 5.17. The average Bonchev–Trinajstić information content (AvgIpc) is 2.35. The summed E-state index contributed by atoms with van der Waals surface area (Å²) in [5.41, 5.74) is 0. The van der Waals surface area contributed by atoms with Gasteiger partial charge in [-0.2, -0.15) is 0 Å². The van der Waals surface area contributed by atoms with Crippen molar-refractivity contribution < 1.29 is 4.74 Å². The number of guanidine groups is 1. The molecule has 0 radical (unpaired) electrons. The lowest BCUT2D eigenvalue weighted by molar-refractivity contribution is 0.152. The van der Waals surface area contributed by atoms with Gasteiger partial charge in [0.25, 0.3) is 0 Å². The number of nitrogens with one attached hydrogen (secondary N) is 2. The van der Waals surface area contributed by atoms with E-state index in [1.165, 1.54) is 25.7 Å². The van der Waals surface area contributed by atoms with E-state index in [-0.39, 0.29) is 0 Å². The molecule has 0 amide bonds. The Morgan fingerprint density at radius 3 is 2.59 bits per heavy atom. The summed E-state index contributed by atoms with van der Waals surface area (Å²) < 4.78 is 5.29. The molecule has 1 rings (SSSR count). The van der Waals surface area contributed by atoms with E-state index in [1.54, 1.807) is 0 Å². The predicted octanol–water partition coefficient (Wildman–Crippen LogP) is 1.77. The fourth-order valence-corrected chi connectivity index (χ4v) is 2.18. The molecule has 0 aromatic carbocycles. The van der Waals surface area contributed by atoms with Gasteiger partial charge in [-0.15, -0.1) is 0 Å². The molecular weight excluding hydrogens is 214 g/mol. The van der Waals surface area contributed by atoms with Crippen molar-refractivity contribution in [3.8, 4) is 0 Å². The quantitative estimate of drug-likeness (QED) is 0.438. The fourth-order valence-electron chi connectivity index (χ4n) is 2.18. The summed E-state index contributed by atoms with van der Waals surface area (Å²) in [7, 11) is 1.82. The van der Waals surface area contributed by atoms with Crippen LogP contribution in [0, 0.1) is 5.92 Å². The number of nitrogens with zero attached hydrogens (tertiary/aromatic N) is 1. The first-order chi connectivity index (χ1) is 8.26. The van der Waals surface area contributed by atoms with Crippen LogP contribution in [-0.4, -0.2) is 38.8 Å². The minimum atomic E-state index is 0.587. The van der Waals surface area contributed by atoms with E-state index in [0.717, 1.165) is 31.6 Å². The highest BCUT2D eigenvalue weighted by atomic mass is 16.5. The molecule has 4 nitrogen and oxygen atoms in total.